The Balaban J connectivity index is 1.81. The molecule has 1 N–H and O–H groups in total. The van der Waals surface area contributed by atoms with Gasteiger partial charge in [0.15, 0.2) is 17.3 Å². The maximum atomic E-state index is 13.3. The molecule has 6 nitrogen and oxygen atoms in total. The van der Waals surface area contributed by atoms with Crippen LogP contribution in [0.15, 0.2) is 66.7 Å². The van der Waals surface area contributed by atoms with Gasteiger partial charge in [0, 0.05) is 17.7 Å². The molecule has 0 unspecified atom stereocenters. The SMILES string of the molecule is CCOc1ccc(C(=O)c2ccccc2C(=O)NCc2ccc(OC)cc2)cc1OCC. The van der Waals surface area contributed by atoms with Crippen LogP contribution >= 0.6 is 0 Å². The number of hydrogen-bond acceptors (Lipinski definition) is 5. The number of hydrogen-bond donors (Lipinski definition) is 1. The first-order valence-electron chi connectivity index (χ1n) is 10.5. The van der Waals surface area contributed by atoms with E-state index in [4.69, 9.17) is 14.2 Å². The molecule has 3 aromatic carbocycles. The molecule has 3 rings (SSSR count). The van der Waals surface area contributed by atoms with Crippen LogP contribution in [0.25, 0.3) is 0 Å². The van der Waals surface area contributed by atoms with Gasteiger partial charge in [-0.25, -0.2) is 0 Å². The van der Waals surface area contributed by atoms with E-state index in [0.717, 1.165) is 11.3 Å². The summed E-state index contributed by atoms with van der Waals surface area (Å²) in [6.45, 7) is 5.03. The molecule has 3 aromatic rings. The molecule has 0 saturated heterocycles. The Bertz CT molecular complexity index is 1080. The Morgan fingerprint density at radius 1 is 0.812 bits per heavy atom. The topological polar surface area (TPSA) is 73.9 Å². The smallest absolute Gasteiger partial charge is 0.252 e. The molecule has 0 fully saturated rings. The second kappa shape index (κ2) is 11.0. The van der Waals surface area contributed by atoms with Crippen LogP contribution in [0.2, 0.25) is 0 Å². The quantitative estimate of drug-likeness (QED) is 0.471. The van der Waals surface area contributed by atoms with Crippen LogP contribution in [0, 0.1) is 0 Å². The third-order valence-electron chi connectivity index (χ3n) is 4.83. The molecule has 0 aliphatic rings. The zero-order chi connectivity index (χ0) is 22.9. The van der Waals surface area contributed by atoms with Gasteiger partial charge >= 0.3 is 0 Å². The molecule has 0 atom stereocenters. The molecule has 6 heteroatoms. The molecule has 0 radical (unpaired) electrons. The van der Waals surface area contributed by atoms with Gasteiger partial charge in [-0.1, -0.05) is 30.3 Å². The third kappa shape index (κ3) is 5.46. The van der Waals surface area contributed by atoms with Gasteiger partial charge in [0.2, 0.25) is 0 Å². The Hall–Kier alpha value is -3.80. The molecule has 0 saturated carbocycles. The van der Waals surface area contributed by atoms with Crippen molar-refractivity contribution in [1.29, 1.82) is 0 Å². The fourth-order valence-electron chi connectivity index (χ4n) is 3.25. The number of amides is 1. The molecule has 166 valence electrons. The summed E-state index contributed by atoms with van der Waals surface area (Å²) in [6.07, 6.45) is 0. The average Bonchev–Trinajstić information content (AvgIpc) is 2.83. The largest absolute Gasteiger partial charge is 0.497 e. The van der Waals surface area contributed by atoms with Crippen molar-refractivity contribution in [2.45, 2.75) is 20.4 Å². The molecule has 0 heterocycles. The first kappa shape index (κ1) is 22.9. The van der Waals surface area contributed by atoms with Crippen molar-refractivity contribution in [3.05, 3.63) is 89.0 Å². The second-order valence-corrected chi connectivity index (χ2v) is 6.93. The third-order valence-corrected chi connectivity index (χ3v) is 4.83. The lowest BCUT2D eigenvalue weighted by molar-refractivity contribution is 0.0939. The van der Waals surface area contributed by atoms with E-state index in [-0.39, 0.29) is 11.7 Å². The summed E-state index contributed by atoms with van der Waals surface area (Å²) < 4.78 is 16.4. The van der Waals surface area contributed by atoms with Gasteiger partial charge in [0.1, 0.15) is 5.75 Å². The molecule has 32 heavy (non-hydrogen) atoms. The van der Waals surface area contributed by atoms with E-state index in [9.17, 15) is 9.59 Å². The van der Waals surface area contributed by atoms with E-state index < -0.39 is 0 Å². The van der Waals surface area contributed by atoms with Crippen LogP contribution in [0.4, 0.5) is 0 Å². The lowest BCUT2D eigenvalue weighted by Crippen LogP contribution is -2.25. The highest BCUT2D eigenvalue weighted by Gasteiger charge is 2.19. The number of rotatable bonds is 10. The minimum Gasteiger partial charge on any atom is -0.497 e. The highest BCUT2D eigenvalue weighted by atomic mass is 16.5. The summed E-state index contributed by atoms with van der Waals surface area (Å²) in [5.74, 6) is 1.25. The summed E-state index contributed by atoms with van der Waals surface area (Å²) in [5, 5.41) is 2.88. The number of methoxy groups -OCH3 is 1. The molecule has 0 spiro atoms. The van der Waals surface area contributed by atoms with Gasteiger partial charge in [-0.05, 0) is 55.8 Å². The number of ether oxygens (including phenoxy) is 3. The molecule has 0 aliphatic carbocycles. The summed E-state index contributed by atoms with van der Waals surface area (Å²) in [6, 6.07) is 19.3. The summed E-state index contributed by atoms with van der Waals surface area (Å²) in [7, 11) is 1.60. The number of carbonyl (C=O) groups excluding carboxylic acids is 2. The van der Waals surface area contributed by atoms with Crippen LogP contribution in [-0.4, -0.2) is 32.0 Å². The van der Waals surface area contributed by atoms with Gasteiger partial charge in [0.05, 0.1) is 25.9 Å². The van der Waals surface area contributed by atoms with Gasteiger partial charge in [0.25, 0.3) is 5.91 Å². The molecule has 0 aliphatic heterocycles. The molecular formula is C26H27NO5. The van der Waals surface area contributed by atoms with E-state index in [2.05, 4.69) is 5.32 Å². The highest BCUT2D eigenvalue weighted by molar-refractivity contribution is 6.15. The predicted octanol–water partition coefficient (Wildman–Crippen LogP) is 4.65. The van der Waals surface area contributed by atoms with Crippen LogP contribution < -0.4 is 19.5 Å². The first-order valence-corrected chi connectivity index (χ1v) is 10.5. The fourth-order valence-corrected chi connectivity index (χ4v) is 3.25. The Morgan fingerprint density at radius 2 is 1.47 bits per heavy atom. The van der Waals surface area contributed by atoms with Gasteiger partial charge in [-0.15, -0.1) is 0 Å². The minimum absolute atomic E-state index is 0.260. The van der Waals surface area contributed by atoms with Crippen molar-refractivity contribution in [1.82, 2.24) is 5.32 Å². The molecule has 1 amide bonds. The van der Waals surface area contributed by atoms with Gasteiger partial charge in [-0.2, -0.15) is 0 Å². The zero-order valence-electron chi connectivity index (χ0n) is 18.5. The van der Waals surface area contributed by atoms with E-state index in [1.807, 2.05) is 38.1 Å². The maximum Gasteiger partial charge on any atom is 0.252 e. The molecule has 0 aromatic heterocycles. The summed E-state index contributed by atoms with van der Waals surface area (Å²) in [4.78, 5) is 26.1. The van der Waals surface area contributed by atoms with Gasteiger partial charge in [-0.3, -0.25) is 9.59 Å². The summed E-state index contributed by atoms with van der Waals surface area (Å²) >= 11 is 0. The predicted molar refractivity (Wildman–Crippen MR) is 123 cm³/mol. The Labute approximate surface area is 188 Å². The van der Waals surface area contributed by atoms with E-state index in [1.165, 1.54) is 0 Å². The number of nitrogens with one attached hydrogen (secondary N) is 1. The lowest BCUT2D eigenvalue weighted by Gasteiger charge is -2.13. The van der Waals surface area contributed by atoms with Crippen molar-refractivity contribution < 1.29 is 23.8 Å². The van der Waals surface area contributed by atoms with E-state index in [0.29, 0.717) is 47.9 Å². The molecular weight excluding hydrogens is 406 g/mol. The number of carbonyl (C=O) groups is 2. The highest BCUT2D eigenvalue weighted by Crippen LogP contribution is 2.30. The number of ketones is 1. The first-order chi connectivity index (χ1) is 15.6. The Kier molecular flexibility index (Phi) is 7.86. The Morgan fingerprint density at radius 3 is 2.12 bits per heavy atom. The number of benzene rings is 3. The van der Waals surface area contributed by atoms with Crippen LogP contribution in [-0.2, 0) is 6.54 Å². The monoisotopic (exact) mass is 433 g/mol. The van der Waals surface area contributed by atoms with E-state index in [1.54, 1.807) is 49.6 Å². The van der Waals surface area contributed by atoms with Crippen LogP contribution in [0.1, 0.15) is 45.7 Å². The van der Waals surface area contributed by atoms with Crippen molar-refractivity contribution in [2.24, 2.45) is 0 Å². The second-order valence-electron chi connectivity index (χ2n) is 6.93. The van der Waals surface area contributed by atoms with Gasteiger partial charge < -0.3 is 19.5 Å². The van der Waals surface area contributed by atoms with Crippen LogP contribution in [0.5, 0.6) is 17.2 Å². The summed E-state index contributed by atoms with van der Waals surface area (Å²) in [5.41, 5.74) is 1.99. The van der Waals surface area contributed by atoms with E-state index >= 15 is 0 Å². The lowest BCUT2D eigenvalue weighted by atomic mass is 9.97. The fraction of sp³-hybridized carbons (Fsp3) is 0.231. The standard InChI is InChI=1S/C26H27NO5/c1-4-31-23-15-12-19(16-24(23)32-5-2)25(28)21-8-6-7-9-22(21)26(29)27-17-18-10-13-20(30-3)14-11-18/h6-16H,4-5,17H2,1-3H3,(H,27,29). The van der Waals surface area contributed by atoms with Crippen LogP contribution in [0.3, 0.4) is 0 Å². The zero-order valence-corrected chi connectivity index (χ0v) is 18.5. The maximum absolute atomic E-state index is 13.3. The average molecular weight is 434 g/mol. The van der Waals surface area contributed by atoms with Crippen molar-refractivity contribution in [3.63, 3.8) is 0 Å². The molecule has 0 bridgehead atoms. The normalized spacial score (nSPS) is 10.3. The van der Waals surface area contributed by atoms with Crippen molar-refractivity contribution in [3.8, 4) is 17.2 Å². The van der Waals surface area contributed by atoms with Crippen molar-refractivity contribution >= 4 is 11.7 Å². The van der Waals surface area contributed by atoms with Crippen molar-refractivity contribution in [2.75, 3.05) is 20.3 Å². The minimum atomic E-state index is -0.319.